The third-order valence-electron chi connectivity index (χ3n) is 3.33. The van der Waals surface area contributed by atoms with Gasteiger partial charge in [-0.1, -0.05) is 18.2 Å². The number of amides is 1. The van der Waals surface area contributed by atoms with Crippen molar-refractivity contribution in [3.05, 3.63) is 29.8 Å². The van der Waals surface area contributed by atoms with Gasteiger partial charge in [-0.25, -0.2) is 4.79 Å². The van der Waals surface area contributed by atoms with Crippen LogP contribution in [-0.4, -0.2) is 29.6 Å². The quantitative estimate of drug-likeness (QED) is 0.710. The highest BCUT2D eigenvalue weighted by molar-refractivity contribution is 5.86. The summed E-state index contributed by atoms with van der Waals surface area (Å²) in [7, 11) is 0. The summed E-state index contributed by atoms with van der Waals surface area (Å²) in [6.45, 7) is 0.491. The maximum absolute atomic E-state index is 12.1. The molecule has 2 rings (SSSR count). The standard InChI is InChI=1S/C15H16N2O3/c1-2-5-13(15(19)20)17-14(18)11-8-10-6-3-4-7-12(10)16-9-11/h1,3-4,6-7,11,13,16H,5,8-9H2,(H,17,18)(H,19,20). The molecule has 0 fully saturated rings. The van der Waals surface area contributed by atoms with Crippen molar-refractivity contribution < 1.29 is 14.7 Å². The van der Waals surface area contributed by atoms with E-state index in [1.807, 2.05) is 24.3 Å². The molecule has 0 radical (unpaired) electrons. The average molecular weight is 272 g/mol. The number of benzene rings is 1. The second kappa shape index (κ2) is 6.11. The first-order valence-electron chi connectivity index (χ1n) is 6.40. The number of nitrogens with one attached hydrogen (secondary N) is 2. The maximum atomic E-state index is 12.1. The minimum absolute atomic E-state index is 0.0161. The van der Waals surface area contributed by atoms with Crippen LogP contribution in [0.3, 0.4) is 0 Å². The molecular formula is C15H16N2O3. The van der Waals surface area contributed by atoms with Gasteiger partial charge in [-0.05, 0) is 18.1 Å². The molecule has 1 aromatic rings. The first-order valence-corrected chi connectivity index (χ1v) is 6.40. The van der Waals surface area contributed by atoms with Crippen molar-refractivity contribution >= 4 is 17.6 Å². The zero-order valence-corrected chi connectivity index (χ0v) is 10.9. The van der Waals surface area contributed by atoms with Crippen LogP contribution in [0.4, 0.5) is 5.69 Å². The van der Waals surface area contributed by atoms with Gasteiger partial charge >= 0.3 is 5.97 Å². The Morgan fingerprint density at radius 2 is 2.25 bits per heavy atom. The normalized spacial score (nSPS) is 18.1. The molecule has 5 heteroatoms. The smallest absolute Gasteiger partial charge is 0.327 e. The van der Waals surface area contributed by atoms with Crippen molar-refractivity contribution in [2.24, 2.45) is 5.92 Å². The lowest BCUT2D eigenvalue weighted by molar-refractivity contribution is -0.142. The molecule has 104 valence electrons. The van der Waals surface area contributed by atoms with Crippen LogP contribution in [0.25, 0.3) is 0 Å². The van der Waals surface area contributed by atoms with Crippen LogP contribution in [0.1, 0.15) is 12.0 Å². The lowest BCUT2D eigenvalue weighted by atomic mass is 9.93. The molecule has 1 heterocycles. The third-order valence-corrected chi connectivity index (χ3v) is 3.33. The molecule has 0 bridgehead atoms. The van der Waals surface area contributed by atoms with Crippen molar-refractivity contribution in [2.45, 2.75) is 18.9 Å². The summed E-state index contributed by atoms with van der Waals surface area (Å²) >= 11 is 0. The molecule has 1 aliphatic heterocycles. The van der Waals surface area contributed by atoms with Gasteiger partial charge in [0.2, 0.25) is 5.91 Å². The number of hydrogen-bond acceptors (Lipinski definition) is 3. The largest absolute Gasteiger partial charge is 0.480 e. The average Bonchev–Trinajstić information content (AvgIpc) is 2.46. The van der Waals surface area contributed by atoms with Crippen molar-refractivity contribution in [3.8, 4) is 12.3 Å². The van der Waals surface area contributed by atoms with Crippen molar-refractivity contribution in [1.82, 2.24) is 5.32 Å². The first kappa shape index (κ1) is 13.9. The Morgan fingerprint density at radius 3 is 2.95 bits per heavy atom. The molecule has 0 spiro atoms. The van der Waals surface area contributed by atoms with Crippen LogP contribution >= 0.6 is 0 Å². The van der Waals surface area contributed by atoms with Crippen LogP contribution in [0.15, 0.2) is 24.3 Å². The van der Waals surface area contributed by atoms with Crippen LogP contribution < -0.4 is 10.6 Å². The molecule has 1 amide bonds. The summed E-state index contributed by atoms with van der Waals surface area (Å²) in [5, 5.41) is 14.7. The van der Waals surface area contributed by atoms with E-state index in [-0.39, 0.29) is 18.2 Å². The molecule has 0 aliphatic carbocycles. The second-order valence-electron chi connectivity index (χ2n) is 4.75. The van der Waals surface area contributed by atoms with Gasteiger partial charge in [0.15, 0.2) is 0 Å². The van der Waals surface area contributed by atoms with Gasteiger partial charge in [0.1, 0.15) is 6.04 Å². The van der Waals surface area contributed by atoms with E-state index >= 15 is 0 Å². The van der Waals surface area contributed by atoms with Crippen LogP contribution in [0.2, 0.25) is 0 Å². The highest BCUT2D eigenvalue weighted by atomic mass is 16.4. The number of hydrogen-bond donors (Lipinski definition) is 3. The van der Waals surface area contributed by atoms with Crippen molar-refractivity contribution in [3.63, 3.8) is 0 Å². The van der Waals surface area contributed by atoms with Gasteiger partial charge in [0.05, 0.1) is 5.92 Å². The predicted molar refractivity (Wildman–Crippen MR) is 75.1 cm³/mol. The van der Waals surface area contributed by atoms with Gasteiger partial charge in [-0.2, -0.15) is 0 Å². The lowest BCUT2D eigenvalue weighted by Gasteiger charge is -2.26. The molecule has 2 atom stereocenters. The number of para-hydroxylation sites is 1. The van der Waals surface area contributed by atoms with Gasteiger partial charge < -0.3 is 15.7 Å². The zero-order chi connectivity index (χ0) is 14.5. The Balaban J connectivity index is 2.01. The summed E-state index contributed by atoms with van der Waals surface area (Å²) < 4.78 is 0. The Hall–Kier alpha value is -2.48. The fourth-order valence-electron chi connectivity index (χ4n) is 2.23. The molecule has 5 nitrogen and oxygen atoms in total. The number of carbonyl (C=O) groups excluding carboxylic acids is 1. The minimum atomic E-state index is -1.11. The molecule has 0 aromatic heterocycles. The Morgan fingerprint density at radius 1 is 1.50 bits per heavy atom. The summed E-state index contributed by atoms with van der Waals surface area (Å²) in [4.78, 5) is 23.1. The SMILES string of the molecule is C#CCC(NC(=O)C1CNc2ccccc2C1)C(=O)O. The number of carboxylic acid groups (broad SMARTS) is 1. The molecule has 1 aromatic carbocycles. The van der Waals surface area contributed by atoms with E-state index in [1.165, 1.54) is 0 Å². The number of fused-ring (bicyclic) bond motifs is 1. The topological polar surface area (TPSA) is 78.4 Å². The third kappa shape index (κ3) is 3.09. The van der Waals surface area contributed by atoms with Crippen LogP contribution in [-0.2, 0) is 16.0 Å². The monoisotopic (exact) mass is 272 g/mol. The minimum Gasteiger partial charge on any atom is -0.480 e. The van der Waals surface area contributed by atoms with Gasteiger partial charge in [-0.3, -0.25) is 4.79 Å². The molecular weight excluding hydrogens is 256 g/mol. The van der Waals surface area contributed by atoms with E-state index in [0.29, 0.717) is 13.0 Å². The molecule has 0 saturated heterocycles. The molecule has 2 unspecified atom stereocenters. The summed E-state index contributed by atoms with van der Waals surface area (Å²) in [5.41, 5.74) is 2.08. The van der Waals surface area contributed by atoms with E-state index in [2.05, 4.69) is 16.6 Å². The van der Waals surface area contributed by atoms with Gasteiger partial charge in [-0.15, -0.1) is 12.3 Å². The fourth-order valence-corrected chi connectivity index (χ4v) is 2.23. The Labute approximate surface area is 117 Å². The van der Waals surface area contributed by atoms with E-state index in [9.17, 15) is 9.59 Å². The van der Waals surface area contributed by atoms with Crippen LogP contribution in [0, 0.1) is 18.3 Å². The number of carboxylic acids is 1. The summed E-state index contributed by atoms with van der Waals surface area (Å²) in [6, 6.07) is 6.74. The van der Waals surface area contributed by atoms with E-state index in [1.54, 1.807) is 0 Å². The highest BCUT2D eigenvalue weighted by Crippen LogP contribution is 2.24. The number of terminal acetylenes is 1. The molecule has 0 saturated carbocycles. The first-order chi connectivity index (χ1) is 9.61. The maximum Gasteiger partial charge on any atom is 0.327 e. The van der Waals surface area contributed by atoms with E-state index in [4.69, 9.17) is 11.5 Å². The van der Waals surface area contributed by atoms with Crippen LogP contribution in [0.5, 0.6) is 0 Å². The van der Waals surface area contributed by atoms with Gasteiger partial charge in [0.25, 0.3) is 0 Å². The number of rotatable bonds is 4. The summed E-state index contributed by atoms with van der Waals surface area (Å²) in [6.07, 6.45) is 5.69. The molecule has 20 heavy (non-hydrogen) atoms. The second-order valence-corrected chi connectivity index (χ2v) is 4.75. The van der Waals surface area contributed by atoms with E-state index < -0.39 is 12.0 Å². The zero-order valence-electron chi connectivity index (χ0n) is 10.9. The lowest BCUT2D eigenvalue weighted by Crippen LogP contribution is -2.46. The van der Waals surface area contributed by atoms with Crippen molar-refractivity contribution in [1.29, 1.82) is 0 Å². The predicted octanol–water partition coefficient (Wildman–Crippen LogP) is 0.863. The molecule has 3 N–H and O–H groups in total. The number of carbonyl (C=O) groups is 2. The number of anilines is 1. The Kier molecular flexibility index (Phi) is 4.26. The van der Waals surface area contributed by atoms with E-state index in [0.717, 1.165) is 11.3 Å². The highest BCUT2D eigenvalue weighted by Gasteiger charge is 2.27. The fraction of sp³-hybridized carbons (Fsp3) is 0.333. The summed E-state index contributed by atoms with van der Waals surface area (Å²) in [5.74, 6) is 0.581. The molecule has 1 aliphatic rings. The Bertz CT molecular complexity index is 562. The van der Waals surface area contributed by atoms with Gasteiger partial charge in [0, 0.05) is 18.7 Å². The van der Waals surface area contributed by atoms with Crippen molar-refractivity contribution in [2.75, 3.05) is 11.9 Å². The number of aliphatic carboxylic acids is 1.